The van der Waals surface area contributed by atoms with Crippen LogP contribution in [0.4, 0.5) is 0 Å². The zero-order valence-electron chi connectivity index (χ0n) is 57.3. The van der Waals surface area contributed by atoms with Gasteiger partial charge in [0.2, 0.25) is 0 Å². The lowest BCUT2D eigenvalue weighted by Gasteiger charge is -2.21. The maximum atomic E-state index is 13.0. The van der Waals surface area contributed by atoms with Gasteiger partial charge in [-0.3, -0.25) is 37.3 Å². The standard InChI is InChI=1S/C69H134O17P2/c1-9-61(7)47-39-31-22-17-15-13-11-12-14-16-18-23-33-41-49-66(71)79-56-65(86-69(74)52-44-36-28-26-32-40-48-62(8)10-2)58-84-88(77,78)82-54-63(70)53-81-87(75,76)83-57-64(85-68(73)51-43-35-27-25-30-38-46-60(5)6)55-80-67(72)50-42-34-24-20-19-21-29-37-45-59(3)4/h59-65,70H,9-58H2,1-8H3,(H,75,76)(H,77,78)/t61?,62?,63?,64-,65-/m1/s1. The van der Waals surface area contributed by atoms with Gasteiger partial charge in [-0.05, 0) is 49.4 Å². The molecule has 5 unspecified atom stereocenters. The fourth-order valence-corrected chi connectivity index (χ4v) is 11.8. The molecule has 0 amide bonds. The van der Waals surface area contributed by atoms with Crippen LogP contribution in [0.25, 0.3) is 0 Å². The van der Waals surface area contributed by atoms with Crippen LogP contribution in [0.5, 0.6) is 0 Å². The number of aliphatic hydroxyl groups is 1. The van der Waals surface area contributed by atoms with E-state index in [1.165, 1.54) is 141 Å². The number of hydrogen-bond donors (Lipinski definition) is 3. The van der Waals surface area contributed by atoms with Gasteiger partial charge in [0.05, 0.1) is 26.4 Å². The molecule has 522 valence electrons. The average Bonchev–Trinajstić information content (AvgIpc) is 3.54. The van der Waals surface area contributed by atoms with Crippen LogP contribution in [0.1, 0.15) is 338 Å². The van der Waals surface area contributed by atoms with Crippen molar-refractivity contribution in [2.75, 3.05) is 39.6 Å². The first kappa shape index (κ1) is 86.1. The monoisotopic (exact) mass is 1300 g/mol. The summed E-state index contributed by atoms with van der Waals surface area (Å²) in [6.07, 6.45) is 40.6. The number of carbonyl (C=O) groups excluding carboxylic acids is 4. The number of unbranched alkanes of at least 4 members (excludes halogenated alkanes) is 30. The molecule has 3 N–H and O–H groups in total. The summed E-state index contributed by atoms with van der Waals surface area (Å²) in [6, 6.07) is 0. The molecule has 0 aliphatic carbocycles. The number of hydrogen-bond acceptors (Lipinski definition) is 15. The van der Waals surface area contributed by atoms with Crippen LogP contribution in [0.2, 0.25) is 0 Å². The van der Waals surface area contributed by atoms with Crippen LogP contribution in [0, 0.1) is 23.7 Å². The van der Waals surface area contributed by atoms with E-state index in [2.05, 4.69) is 55.4 Å². The van der Waals surface area contributed by atoms with Gasteiger partial charge in [0, 0.05) is 25.7 Å². The summed E-state index contributed by atoms with van der Waals surface area (Å²) in [5.74, 6) is 0.827. The van der Waals surface area contributed by atoms with E-state index in [0.717, 1.165) is 108 Å². The molecule has 0 heterocycles. The van der Waals surface area contributed by atoms with Gasteiger partial charge in [-0.1, -0.05) is 287 Å². The molecule has 0 aliphatic rings. The number of rotatable bonds is 66. The average molecular weight is 1300 g/mol. The van der Waals surface area contributed by atoms with Crippen molar-refractivity contribution >= 4 is 39.5 Å². The minimum Gasteiger partial charge on any atom is -0.462 e. The number of aliphatic hydroxyl groups excluding tert-OH is 1. The SMILES string of the molecule is CCC(C)CCCCCCCCCCCCCCCCC(=O)OC[C@H](COP(=O)(O)OCC(O)COP(=O)(O)OC[C@@H](COC(=O)CCCCCCCCCCC(C)C)OC(=O)CCCCCCCCC(C)C)OC(=O)CCCCCCCCC(C)CC. The fraction of sp³-hybridized carbons (Fsp3) is 0.942. The van der Waals surface area contributed by atoms with E-state index in [0.29, 0.717) is 31.6 Å². The highest BCUT2D eigenvalue weighted by molar-refractivity contribution is 7.47. The van der Waals surface area contributed by atoms with Gasteiger partial charge < -0.3 is 33.8 Å². The van der Waals surface area contributed by atoms with Crippen molar-refractivity contribution in [3.05, 3.63) is 0 Å². The Morgan fingerprint density at radius 1 is 0.318 bits per heavy atom. The highest BCUT2D eigenvalue weighted by Crippen LogP contribution is 2.45. The van der Waals surface area contributed by atoms with Gasteiger partial charge in [0.25, 0.3) is 0 Å². The second-order valence-electron chi connectivity index (χ2n) is 26.4. The van der Waals surface area contributed by atoms with Crippen molar-refractivity contribution in [2.45, 2.75) is 356 Å². The van der Waals surface area contributed by atoms with Gasteiger partial charge in [-0.2, -0.15) is 0 Å². The molecule has 7 atom stereocenters. The van der Waals surface area contributed by atoms with Crippen molar-refractivity contribution in [1.82, 2.24) is 0 Å². The Labute approximate surface area is 537 Å². The summed E-state index contributed by atoms with van der Waals surface area (Å²) >= 11 is 0. The summed E-state index contributed by atoms with van der Waals surface area (Å²) in [5, 5.41) is 10.6. The Balaban J connectivity index is 5.18. The summed E-state index contributed by atoms with van der Waals surface area (Å²) in [4.78, 5) is 72.4. The number of phosphoric acid groups is 2. The summed E-state index contributed by atoms with van der Waals surface area (Å²) in [6.45, 7) is 14.0. The Morgan fingerprint density at radius 2 is 0.545 bits per heavy atom. The Hall–Kier alpha value is -1.94. The van der Waals surface area contributed by atoms with Crippen LogP contribution in [-0.2, 0) is 65.4 Å². The lowest BCUT2D eigenvalue weighted by molar-refractivity contribution is -0.161. The lowest BCUT2D eigenvalue weighted by atomic mass is 9.99. The highest BCUT2D eigenvalue weighted by atomic mass is 31.2. The van der Waals surface area contributed by atoms with Gasteiger partial charge in [0.1, 0.15) is 19.3 Å². The molecule has 88 heavy (non-hydrogen) atoms. The first-order chi connectivity index (χ1) is 42.2. The lowest BCUT2D eigenvalue weighted by Crippen LogP contribution is -2.30. The van der Waals surface area contributed by atoms with Gasteiger partial charge in [-0.25, -0.2) is 9.13 Å². The van der Waals surface area contributed by atoms with Crippen LogP contribution in [-0.4, -0.2) is 96.7 Å². The second-order valence-corrected chi connectivity index (χ2v) is 29.3. The van der Waals surface area contributed by atoms with E-state index in [-0.39, 0.29) is 25.7 Å². The number of ether oxygens (including phenoxy) is 4. The van der Waals surface area contributed by atoms with E-state index in [1.54, 1.807) is 0 Å². The van der Waals surface area contributed by atoms with E-state index in [9.17, 15) is 43.2 Å². The number of phosphoric ester groups is 2. The van der Waals surface area contributed by atoms with Crippen molar-refractivity contribution in [2.24, 2.45) is 23.7 Å². The van der Waals surface area contributed by atoms with E-state index < -0.39 is 97.5 Å². The molecular formula is C69H134O17P2. The molecular weight excluding hydrogens is 1160 g/mol. The minimum absolute atomic E-state index is 0.101. The zero-order chi connectivity index (χ0) is 65.4. The third-order valence-electron chi connectivity index (χ3n) is 16.5. The molecule has 0 rings (SSSR count). The smallest absolute Gasteiger partial charge is 0.462 e. The minimum atomic E-state index is -4.95. The maximum absolute atomic E-state index is 13.0. The first-order valence-electron chi connectivity index (χ1n) is 35.8. The summed E-state index contributed by atoms with van der Waals surface area (Å²) < 4.78 is 68.1. The van der Waals surface area contributed by atoms with Crippen LogP contribution in [0.3, 0.4) is 0 Å². The topological polar surface area (TPSA) is 237 Å². The van der Waals surface area contributed by atoms with E-state index in [4.69, 9.17) is 37.0 Å². The third-order valence-corrected chi connectivity index (χ3v) is 18.4. The quantitative estimate of drug-likeness (QED) is 0.0222. The Bertz CT molecular complexity index is 1750. The molecule has 0 spiro atoms. The molecule has 0 aliphatic heterocycles. The van der Waals surface area contributed by atoms with Crippen molar-refractivity contribution in [3.8, 4) is 0 Å². The predicted octanol–water partition coefficient (Wildman–Crippen LogP) is 19.3. The van der Waals surface area contributed by atoms with E-state index in [1.807, 2.05) is 0 Å². The summed E-state index contributed by atoms with van der Waals surface area (Å²) in [7, 11) is -9.90. The van der Waals surface area contributed by atoms with E-state index >= 15 is 0 Å². The predicted molar refractivity (Wildman–Crippen MR) is 354 cm³/mol. The molecule has 17 nitrogen and oxygen atoms in total. The van der Waals surface area contributed by atoms with Crippen LogP contribution >= 0.6 is 15.6 Å². The van der Waals surface area contributed by atoms with Gasteiger partial charge in [-0.15, -0.1) is 0 Å². The van der Waals surface area contributed by atoms with Crippen molar-refractivity contribution in [1.29, 1.82) is 0 Å². The third kappa shape index (κ3) is 60.3. The largest absolute Gasteiger partial charge is 0.472 e. The Kier molecular flexibility index (Phi) is 57.6. The molecule has 0 saturated carbocycles. The second kappa shape index (κ2) is 58.8. The van der Waals surface area contributed by atoms with Crippen LogP contribution < -0.4 is 0 Å². The Morgan fingerprint density at radius 3 is 0.807 bits per heavy atom. The fourth-order valence-electron chi connectivity index (χ4n) is 10.2. The molecule has 0 fully saturated rings. The highest BCUT2D eigenvalue weighted by Gasteiger charge is 2.30. The number of carbonyl (C=O) groups is 4. The normalized spacial score (nSPS) is 14.9. The molecule has 0 radical (unpaired) electrons. The van der Waals surface area contributed by atoms with Gasteiger partial charge >= 0.3 is 39.5 Å². The van der Waals surface area contributed by atoms with Gasteiger partial charge in [0.15, 0.2) is 12.2 Å². The molecule has 0 aromatic rings. The first-order valence-corrected chi connectivity index (χ1v) is 38.8. The summed E-state index contributed by atoms with van der Waals surface area (Å²) in [5.41, 5.74) is 0. The molecule has 0 aromatic heterocycles. The zero-order valence-corrected chi connectivity index (χ0v) is 59.1. The molecule has 0 saturated heterocycles. The molecule has 0 bridgehead atoms. The van der Waals surface area contributed by atoms with Crippen molar-refractivity contribution in [3.63, 3.8) is 0 Å². The molecule has 0 aromatic carbocycles. The molecule has 19 heteroatoms. The number of esters is 4. The van der Waals surface area contributed by atoms with Crippen molar-refractivity contribution < 1.29 is 80.2 Å². The maximum Gasteiger partial charge on any atom is 0.472 e. The van der Waals surface area contributed by atoms with Crippen LogP contribution in [0.15, 0.2) is 0 Å².